The molecule has 1 heterocycles. The third-order valence-corrected chi connectivity index (χ3v) is 3.72. The van der Waals surface area contributed by atoms with Crippen LogP contribution in [0.25, 0.3) is 11.3 Å². The second-order valence-corrected chi connectivity index (χ2v) is 5.34. The summed E-state index contributed by atoms with van der Waals surface area (Å²) in [5.74, 6) is 1.05. The Kier molecular flexibility index (Phi) is 5.28. The lowest BCUT2D eigenvalue weighted by atomic mass is 10.1. The van der Waals surface area contributed by atoms with Crippen LogP contribution in [0.3, 0.4) is 0 Å². The van der Waals surface area contributed by atoms with Gasteiger partial charge in [0.1, 0.15) is 17.2 Å². The Morgan fingerprint density at radius 3 is 2.62 bits per heavy atom. The molecule has 0 bridgehead atoms. The summed E-state index contributed by atoms with van der Waals surface area (Å²) in [7, 11) is 3.19. The molecule has 1 aromatic heterocycles. The number of nitrogens with zero attached hydrogens (tertiary/aromatic N) is 2. The average Bonchev–Trinajstić information content (AvgIpc) is 3.18. The summed E-state index contributed by atoms with van der Waals surface area (Å²) in [6.45, 7) is 0. The van der Waals surface area contributed by atoms with Crippen LogP contribution in [-0.2, 0) is 0 Å². The number of aromatic nitrogens is 2. The molecule has 0 fully saturated rings. The Hall–Kier alpha value is -3.61. The van der Waals surface area contributed by atoms with Crippen LogP contribution in [0, 0.1) is 0 Å². The molecule has 0 atom stereocenters. The minimum Gasteiger partial charge on any atom is -0.497 e. The van der Waals surface area contributed by atoms with Crippen LogP contribution >= 0.6 is 0 Å². The van der Waals surface area contributed by atoms with Gasteiger partial charge in [-0.2, -0.15) is 10.2 Å². The number of H-pyrrole nitrogens is 1. The topological polar surface area (TPSA) is 88.6 Å². The number of ether oxygens (including phenoxy) is 2. The van der Waals surface area contributed by atoms with E-state index in [1.165, 1.54) is 6.21 Å². The van der Waals surface area contributed by atoms with Crippen LogP contribution in [0.1, 0.15) is 16.1 Å². The molecule has 0 radical (unpaired) electrons. The van der Waals surface area contributed by atoms with Crippen LogP contribution in [0.4, 0.5) is 0 Å². The Morgan fingerprint density at radius 1 is 1.12 bits per heavy atom. The molecule has 0 saturated carbocycles. The first-order valence-electron chi connectivity index (χ1n) is 7.87. The zero-order valence-corrected chi connectivity index (χ0v) is 14.4. The summed E-state index contributed by atoms with van der Waals surface area (Å²) in [6, 6.07) is 16.5. The minimum atomic E-state index is -0.386. The van der Waals surface area contributed by atoms with Crippen LogP contribution < -0.4 is 14.9 Å². The van der Waals surface area contributed by atoms with Crippen molar-refractivity contribution in [3.8, 4) is 22.8 Å². The van der Waals surface area contributed by atoms with Gasteiger partial charge in [0.15, 0.2) is 0 Å². The van der Waals surface area contributed by atoms with Crippen molar-refractivity contribution in [1.29, 1.82) is 0 Å². The number of hydrazone groups is 1. The van der Waals surface area contributed by atoms with E-state index in [1.54, 1.807) is 20.3 Å². The molecule has 2 N–H and O–H groups in total. The number of aromatic amines is 1. The third kappa shape index (κ3) is 3.89. The maximum atomic E-state index is 12.2. The van der Waals surface area contributed by atoms with Gasteiger partial charge < -0.3 is 9.47 Å². The molecule has 3 rings (SSSR count). The smallest absolute Gasteiger partial charge is 0.289 e. The summed E-state index contributed by atoms with van der Waals surface area (Å²) < 4.78 is 10.4. The van der Waals surface area contributed by atoms with Gasteiger partial charge >= 0.3 is 0 Å². The number of carbonyl (C=O) groups excluding carboxylic acids is 1. The van der Waals surface area contributed by atoms with Crippen LogP contribution in [0.15, 0.2) is 59.7 Å². The number of para-hydroxylation sites is 1. The predicted molar refractivity (Wildman–Crippen MR) is 98.6 cm³/mol. The predicted octanol–water partition coefficient (Wildman–Crippen LogP) is 2.86. The monoisotopic (exact) mass is 350 g/mol. The summed E-state index contributed by atoms with van der Waals surface area (Å²) in [4.78, 5) is 12.2. The van der Waals surface area contributed by atoms with Gasteiger partial charge in [-0.1, -0.05) is 12.1 Å². The highest BCUT2D eigenvalue weighted by Crippen LogP contribution is 2.21. The maximum absolute atomic E-state index is 12.2. The molecular weight excluding hydrogens is 332 g/mol. The van der Waals surface area contributed by atoms with E-state index in [-0.39, 0.29) is 5.91 Å². The van der Waals surface area contributed by atoms with Gasteiger partial charge in [0, 0.05) is 11.1 Å². The van der Waals surface area contributed by atoms with Crippen molar-refractivity contribution in [2.45, 2.75) is 0 Å². The first kappa shape index (κ1) is 17.2. The summed E-state index contributed by atoms with van der Waals surface area (Å²) in [6.07, 6.45) is 1.53. The van der Waals surface area contributed by atoms with Gasteiger partial charge in [-0.3, -0.25) is 9.89 Å². The fourth-order valence-corrected chi connectivity index (χ4v) is 2.34. The SMILES string of the molecule is COc1ccc(-c2cc(C(=O)NN=Cc3ccccc3OC)[nH]n2)cc1. The Balaban J connectivity index is 1.67. The van der Waals surface area contributed by atoms with E-state index in [0.29, 0.717) is 17.1 Å². The van der Waals surface area contributed by atoms with E-state index in [4.69, 9.17) is 9.47 Å². The maximum Gasteiger partial charge on any atom is 0.289 e. The molecule has 26 heavy (non-hydrogen) atoms. The molecule has 7 heteroatoms. The van der Waals surface area contributed by atoms with Crippen LogP contribution in [-0.4, -0.2) is 36.5 Å². The van der Waals surface area contributed by atoms with E-state index < -0.39 is 0 Å². The number of hydrogen-bond acceptors (Lipinski definition) is 5. The van der Waals surface area contributed by atoms with E-state index in [9.17, 15) is 4.79 Å². The van der Waals surface area contributed by atoms with Gasteiger partial charge in [0.05, 0.1) is 26.1 Å². The fraction of sp³-hybridized carbons (Fsp3) is 0.105. The number of benzene rings is 2. The molecule has 1 amide bonds. The molecule has 0 unspecified atom stereocenters. The minimum absolute atomic E-state index is 0.313. The molecule has 7 nitrogen and oxygen atoms in total. The van der Waals surface area contributed by atoms with E-state index in [0.717, 1.165) is 16.9 Å². The molecule has 0 spiro atoms. The van der Waals surface area contributed by atoms with Crippen molar-refractivity contribution in [3.63, 3.8) is 0 Å². The standard InChI is InChI=1S/C19H18N4O3/c1-25-15-9-7-13(8-10-15)16-11-17(22-21-16)19(24)23-20-12-14-5-3-4-6-18(14)26-2/h3-12H,1-2H3,(H,21,22)(H,23,24). The van der Waals surface area contributed by atoms with Gasteiger partial charge in [0.2, 0.25) is 0 Å². The largest absolute Gasteiger partial charge is 0.497 e. The summed E-state index contributed by atoms with van der Waals surface area (Å²) >= 11 is 0. The van der Waals surface area contributed by atoms with Crippen molar-refractivity contribution in [2.75, 3.05) is 14.2 Å². The van der Waals surface area contributed by atoms with Gasteiger partial charge in [-0.15, -0.1) is 0 Å². The van der Waals surface area contributed by atoms with E-state index in [2.05, 4.69) is 20.7 Å². The van der Waals surface area contributed by atoms with Gasteiger partial charge in [-0.05, 0) is 42.5 Å². The van der Waals surface area contributed by atoms with Crippen molar-refractivity contribution in [2.24, 2.45) is 5.10 Å². The Morgan fingerprint density at radius 2 is 1.88 bits per heavy atom. The molecule has 2 aromatic carbocycles. The fourth-order valence-electron chi connectivity index (χ4n) is 2.34. The zero-order valence-electron chi connectivity index (χ0n) is 14.4. The number of hydrogen-bond donors (Lipinski definition) is 2. The van der Waals surface area contributed by atoms with Crippen molar-refractivity contribution < 1.29 is 14.3 Å². The average molecular weight is 350 g/mol. The molecule has 3 aromatic rings. The highest BCUT2D eigenvalue weighted by molar-refractivity contribution is 5.94. The molecule has 0 aliphatic carbocycles. The number of amides is 1. The highest BCUT2D eigenvalue weighted by Gasteiger charge is 2.10. The molecule has 0 saturated heterocycles. The van der Waals surface area contributed by atoms with E-state index in [1.807, 2.05) is 48.5 Å². The normalized spacial score (nSPS) is 10.7. The molecule has 0 aliphatic heterocycles. The molecular formula is C19H18N4O3. The number of methoxy groups -OCH3 is 2. The first-order valence-corrected chi connectivity index (χ1v) is 7.87. The summed E-state index contributed by atoms with van der Waals surface area (Å²) in [5, 5.41) is 10.8. The quantitative estimate of drug-likeness (QED) is 0.528. The van der Waals surface area contributed by atoms with Crippen molar-refractivity contribution >= 4 is 12.1 Å². The molecule has 132 valence electrons. The second kappa shape index (κ2) is 7.98. The van der Waals surface area contributed by atoms with E-state index >= 15 is 0 Å². The lowest BCUT2D eigenvalue weighted by Gasteiger charge is -2.02. The number of rotatable bonds is 6. The summed E-state index contributed by atoms with van der Waals surface area (Å²) in [5.41, 5.74) is 5.07. The van der Waals surface area contributed by atoms with Crippen molar-refractivity contribution in [3.05, 3.63) is 65.9 Å². The lowest BCUT2D eigenvalue weighted by molar-refractivity contribution is 0.0950. The van der Waals surface area contributed by atoms with Crippen molar-refractivity contribution in [1.82, 2.24) is 15.6 Å². The van der Waals surface area contributed by atoms with Crippen LogP contribution in [0.5, 0.6) is 11.5 Å². The Bertz CT molecular complexity index is 917. The van der Waals surface area contributed by atoms with Gasteiger partial charge in [0.25, 0.3) is 5.91 Å². The highest BCUT2D eigenvalue weighted by atomic mass is 16.5. The second-order valence-electron chi connectivity index (χ2n) is 5.34. The van der Waals surface area contributed by atoms with Gasteiger partial charge in [-0.25, -0.2) is 5.43 Å². The zero-order chi connectivity index (χ0) is 18.4. The number of carbonyl (C=O) groups is 1. The third-order valence-electron chi connectivity index (χ3n) is 3.72. The molecule has 0 aliphatic rings. The number of nitrogens with one attached hydrogen (secondary N) is 2. The van der Waals surface area contributed by atoms with Crippen LogP contribution in [0.2, 0.25) is 0 Å². The Labute approximate surface area is 150 Å². The first-order chi connectivity index (χ1) is 12.7. The lowest BCUT2D eigenvalue weighted by Crippen LogP contribution is -2.18.